The summed E-state index contributed by atoms with van der Waals surface area (Å²) in [7, 11) is -3.45. The number of alkyl halides is 6. The number of nitriles is 3. The van der Waals surface area contributed by atoms with Crippen LogP contribution in [0.5, 0.6) is 23.0 Å². The van der Waals surface area contributed by atoms with E-state index in [2.05, 4.69) is 74.2 Å². The smallest absolute Gasteiger partial charge is 0.493 e. The zero-order valence-corrected chi connectivity index (χ0v) is 66.1. The number of rotatable bonds is 20. The first-order valence-electron chi connectivity index (χ1n) is 38.8. The SMILES string of the molecule is CC(C)Oc1ccc(-c2nc(-c3cccc4c3CC[C@@H]4NS(=O)(=O)CCN3CCOCC3)no2)cc1C#N.CCOc1ccc(-c2cc(-c3cccc4c3CC[C@H]4N)no2)cc1C#N.CCOc1ccc(-c2nc(-c3cccc4c3CC[C@@H]4O)no2)cc1C(F)(F)F.N#Cc1cc(OC(F)(F)F)cc(-c2nc(-c3cccc4c3CC[C@H]4N)no2)c1. The van der Waals surface area contributed by atoms with Crippen LogP contribution in [0.15, 0.2) is 170 Å². The fourth-order valence-electron chi connectivity index (χ4n) is 15.2. The fourth-order valence-corrected chi connectivity index (χ4v) is 16.5. The molecule has 12 aromatic rings. The lowest BCUT2D eigenvalue weighted by atomic mass is 9.99. The standard InChI is InChI=1S/C27H31N5O5S.C21H19N3O2.C20H17F3N2O3.C19H13F3N4O2/c1-18(2)36-25-9-6-19(16-20(25)17-28)27-29-26(30-37-27)23-5-3-4-22-21(23)7-8-24(22)31-38(33,34)15-12-32-10-13-35-14-11-32;1-2-25-20-9-6-13(10-14(20)12-22)21-11-19(24-26-21)17-5-3-4-16-15(17)7-8-18(16)23;1-2-27-17-9-6-11(10-15(17)20(21,22)23)19-24-18(25-28-19)14-5-3-4-13-12(14)7-8-16(13)26;20-19(21,22)27-12-7-10(9-23)6-11(8-12)18-25-17(26-28-18)15-3-1-2-14-13(15)4-5-16(14)24/h3-6,9,16,18,24,31H,7-8,10-15H2,1-2H3;3-6,9-11,18H,2,7-8,23H2,1H3;3-6,9-10,16,26H,2,7-8H2,1H3;1-3,6-8,16H,4-5,24H2/t24-;18-;2*16-/m0101/s1. The maximum Gasteiger partial charge on any atom is 0.573 e. The molecule has 0 saturated carbocycles. The summed E-state index contributed by atoms with van der Waals surface area (Å²) in [6.07, 6.45) is -3.86. The van der Waals surface area contributed by atoms with Crippen LogP contribution in [-0.4, -0.2) is 118 Å². The van der Waals surface area contributed by atoms with Crippen molar-refractivity contribution < 1.29 is 81.6 Å². The van der Waals surface area contributed by atoms with E-state index in [4.69, 9.17) is 53.8 Å². The van der Waals surface area contributed by atoms with Crippen molar-refractivity contribution in [3.63, 3.8) is 0 Å². The molecule has 1 aliphatic heterocycles. The third-order valence-corrected chi connectivity index (χ3v) is 22.1. The van der Waals surface area contributed by atoms with Crippen molar-refractivity contribution >= 4 is 10.0 Å². The number of aromatic nitrogens is 7. The van der Waals surface area contributed by atoms with Gasteiger partial charge in [0.25, 0.3) is 17.7 Å². The predicted molar refractivity (Wildman–Crippen MR) is 426 cm³/mol. The van der Waals surface area contributed by atoms with Crippen LogP contribution in [0.4, 0.5) is 26.3 Å². The highest BCUT2D eigenvalue weighted by molar-refractivity contribution is 7.89. The Kier molecular flexibility index (Phi) is 25.3. The number of halogens is 6. The molecule has 5 heterocycles. The summed E-state index contributed by atoms with van der Waals surface area (Å²) >= 11 is 0. The highest BCUT2D eigenvalue weighted by Gasteiger charge is 2.37. The van der Waals surface area contributed by atoms with Crippen molar-refractivity contribution in [2.24, 2.45) is 11.5 Å². The molecule has 0 amide bonds. The van der Waals surface area contributed by atoms with E-state index in [0.717, 1.165) is 118 Å². The van der Waals surface area contributed by atoms with Crippen LogP contribution < -0.4 is 35.1 Å². The van der Waals surface area contributed by atoms with Crippen LogP contribution in [0, 0.1) is 34.0 Å². The zero-order valence-electron chi connectivity index (χ0n) is 65.3. The van der Waals surface area contributed by atoms with E-state index in [1.165, 1.54) is 29.3 Å². The van der Waals surface area contributed by atoms with Crippen molar-refractivity contribution in [1.29, 1.82) is 15.8 Å². The Labute approximate surface area is 685 Å². The number of nitrogens with one attached hydrogen (secondary N) is 1. The maximum atomic E-state index is 13.4. The average Bonchev–Trinajstić information content (AvgIpc) is 1.65. The first-order valence-corrected chi connectivity index (χ1v) is 40.4. The number of hydrogen-bond acceptors (Lipinski definition) is 25. The fraction of sp³-hybridized carbons (Fsp3) is 0.310. The van der Waals surface area contributed by atoms with Gasteiger partial charge in [0.1, 0.15) is 40.8 Å². The quantitative estimate of drug-likeness (QED) is 0.0515. The van der Waals surface area contributed by atoms with E-state index in [-0.39, 0.29) is 76.6 Å². The molecule has 0 unspecified atom stereocenters. The van der Waals surface area contributed by atoms with Crippen molar-refractivity contribution in [3.05, 3.63) is 218 Å². The summed E-state index contributed by atoms with van der Waals surface area (Å²) in [6.45, 7) is 11.2. The Morgan fingerprint density at radius 1 is 0.558 bits per heavy atom. The van der Waals surface area contributed by atoms with Gasteiger partial charge >= 0.3 is 12.5 Å². The molecule has 17 rings (SSSR count). The van der Waals surface area contributed by atoms with Gasteiger partial charge in [-0.2, -0.15) is 43.9 Å². The molecular weight excluding hydrogens is 1580 g/mol. The van der Waals surface area contributed by atoms with E-state index < -0.39 is 40.0 Å². The number of morpholine rings is 1. The largest absolute Gasteiger partial charge is 0.573 e. The third kappa shape index (κ3) is 19.2. The van der Waals surface area contributed by atoms with Gasteiger partial charge in [-0.1, -0.05) is 93.4 Å². The number of fused-ring (bicyclic) bond motifs is 4. The number of benzene rings is 8. The molecule has 4 aliphatic carbocycles. The molecule has 1 fully saturated rings. The van der Waals surface area contributed by atoms with Crippen molar-refractivity contribution in [3.8, 4) is 132 Å². The van der Waals surface area contributed by atoms with Crippen LogP contribution in [0.2, 0.25) is 0 Å². The third-order valence-electron chi connectivity index (χ3n) is 20.8. The molecular formula is C87H80F6N14O12S. The lowest BCUT2D eigenvalue weighted by Crippen LogP contribution is -2.41. The highest BCUT2D eigenvalue weighted by Crippen LogP contribution is 2.45. The molecule has 33 heteroatoms. The number of ether oxygens (including phenoxy) is 5. The Morgan fingerprint density at radius 2 is 1.06 bits per heavy atom. The summed E-state index contributed by atoms with van der Waals surface area (Å²) in [5.41, 5.74) is 26.3. The number of nitrogens with two attached hydrogens (primary N) is 2. The zero-order chi connectivity index (χ0) is 84.6. The molecule has 26 nitrogen and oxygen atoms in total. The molecule has 0 radical (unpaired) electrons. The molecule has 6 N–H and O–H groups in total. The van der Waals surface area contributed by atoms with Gasteiger partial charge in [0.15, 0.2) is 5.76 Å². The van der Waals surface area contributed by atoms with Gasteiger partial charge in [-0.15, -0.1) is 13.2 Å². The molecule has 4 aromatic heterocycles. The summed E-state index contributed by atoms with van der Waals surface area (Å²) in [4.78, 5) is 15.3. The second-order valence-electron chi connectivity index (χ2n) is 29.0. The van der Waals surface area contributed by atoms with Gasteiger partial charge in [-0.3, -0.25) is 4.90 Å². The van der Waals surface area contributed by atoms with Gasteiger partial charge in [0.05, 0.1) is 72.7 Å². The second-order valence-corrected chi connectivity index (χ2v) is 30.8. The van der Waals surface area contributed by atoms with E-state index in [0.29, 0.717) is 109 Å². The molecule has 5 aliphatic rings. The van der Waals surface area contributed by atoms with Crippen LogP contribution in [0.25, 0.3) is 91.1 Å². The first-order chi connectivity index (χ1) is 57.7. The summed E-state index contributed by atoms with van der Waals surface area (Å²) < 4.78 is 153. The van der Waals surface area contributed by atoms with Crippen molar-refractivity contribution in [2.75, 3.05) is 51.8 Å². The molecule has 4 atom stereocenters. The number of nitrogens with zero attached hydrogens (tertiary/aromatic N) is 11. The van der Waals surface area contributed by atoms with E-state index in [1.54, 1.807) is 49.4 Å². The summed E-state index contributed by atoms with van der Waals surface area (Å²) in [5, 5.41) is 54.3. The minimum atomic E-state index is -4.88. The van der Waals surface area contributed by atoms with Crippen molar-refractivity contribution in [2.45, 2.75) is 122 Å². The number of aliphatic hydroxyl groups excluding tert-OH is 1. The lowest BCUT2D eigenvalue weighted by molar-refractivity contribution is -0.274. The number of hydrogen-bond donors (Lipinski definition) is 4. The topological polar surface area (TPSA) is 382 Å². The molecule has 0 bridgehead atoms. The summed E-state index contributed by atoms with van der Waals surface area (Å²) in [5.74, 6) is 2.26. The minimum absolute atomic E-state index is 0.0142. The minimum Gasteiger partial charge on any atom is -0.493 e. The van der Waals surface area contributed by atoms with Gasteiger partial charge in [-0.25, -0.2) is 13.1 Å². The number of sulfonamides is 1. The number of aliphatic hydroxyl groups is 1. The van der Waals surface area contributed by atoms with Gasteiger partial charge in [-0.05, 0) is 196 Å². The van der Waals surface area contributed by atoms with Crippen LogP contribution in [0.3, 0.4) is 0 Å². The van der Waals surface area contributed by atoms with Crippen LogP contribution >= 0.6 is 0 Å². The predicted octanol–water partition coefficient (Wildman–Crippen LogP) is 16.4. The molecule has 120 heavy (non-hydrogen) atoms. The molecule has 0 spiro atoms. The van der Waals surface area contributed by atoms with Crippen LogP contribution in [-0.2, 0) is 46.6 Å². The van der Waals surface area contributed by atoms with Gasteiger partial charge in [0.2, 0.25) is 27.5 Å². The Balaban J connectivity index is 0.000000133. The second kappa shape index (κ2) is 36.3. The monoisotopic (exact) mass is 1660 g/mol. The van der Waals surface area contributed by atoms with Gasteiger partial charge < -0.3 is 58.4 Å². The lowest BCUT2D eigenvalue weighted by Gasteiger charge is -2.26. The van der Waals surface area contributed by atoms with E-state index in [1.807, 2.05) is 87.5 Å². The maximum absolute atomic E-state index is 13.4. The Bertz CT molecular complexity index is 5980. The molecule has 8 aromatic carbocycles. The Hall–Kier alpha value is -12.7. The summed E-state index contributed by atoms with van der Waals surface area (Å²) in [6, 6.07) is 48.5. The first kappa shape index (κ1) is 83.8. The van der Waals surface area contributed by atoms with Crippen molar-refractivity contribution in [1.82, 2.24) is 45.2 Å². The average molecular weight is 1660 g/mol. The molecule has 1 saturated heterocycles. The van der Waals surface area contributed by atoms with E-state index in [9.17, 15) is 50.4 Å². The normalized spacial score (nSPS) is 16.5. The highest BCUT2D eigenvalue weighted by atomic mass is 32.2. The molecule has 618 valence electrons. The van der Waals surface area contributed by atoms with Crippen LogP contribution in [0.1, 0.15) is 144 Å². The Morgan fingerprint density at radius 3 is 1.64 bits per heavy atom. The van der Waals surface area contributed by atoms with E-state index >= 15 is 0 Å². The van der Waals surface area contributed by atoms with Gasteiger partial charge in [0, 0.05) is 88.3 Å².